The monoisotopic (exact) mass is 822 g/mol. The van der Waals surface area contributed by atoms with Gasteiger partial charge in [0, 0.05) is 19.4 Å². The van der Waals surface area contributed by atoms with Gasteiger partial charge < -0.3 is 20.1 Å². The third kappa shape index (κ3) is 43.1. The van der Waals surface area contributed by atoms with Gasteiger partial charge in [0.1, 0.15) is 6.61 Å². The number of carbonyl (C=O) groups is 2. The van der Waals surface area contributed by atoms with Crippen molar-refractivity contribution in [2.24, 2.45) is 5.73 Å². The number of rotatable bonds is 42. The van der Waals surface area contributed by atoms with Gasteiger partial charge in [-0.3, -0.25) is 18.6 Å². The summed E-state index contributed by atoms with van der Waals surface area (Å²) in [5, 5.41) is 0. The van der Waals surface area contributed by atoms with E-state index < -0.39 is 26.5 Å². The average Bonchev–Trinajstić information content (AvgIpc) is 3.20. The molecule has 330 valence electrons. The minimum atomic E-state index is -4.37. The van der Waals surface area contributed by atoms with E-state index in [-0.39, 0.29) is 38.6 Å². The second kappa shape index (κ2) is 43.3. The molecule has 3 N–H and O–H groups in total. The quantitative estimate of drug-likeness (QED) is 0.0267. The molecule has 0 aromatic carbocycles. The second-order valence-electron chi connectivity index (χ2n) is 14.9. The maximum absolute atomic E-state index is 12.6. The lowest BCUT2D eigenvalue weighted by Gasteiger charge is -2.19. The highest BCUT2D eigenvalue weighted by Gasteiger charge is 2.26. The standard InChI is InChI=1S/C47H84NO8P/c1-3-5-7-9-11-13-14-15-16-17-18-19-20-21-22-23-24-25-26-27-28-29-30-32-34-36-38-40-47(50)56-45(44-55-57(51,52)54-42-41-48)43-53-46(49)39-37-35-33-31-12-10-8-6-4-2/h5,7,11,13,15-16,18-19,21-22,45H,3-4,6,8-10,12,14,17,20,23-44,48H2,1-2H3,(H,51,52)/b7-5-,13-11-,16-15-,19-18-,22-21-. The summed E-state index contributed by atoms with van der Waals surface area (Å²) in [7, 11) is -4.37. The van der Waals surface area contributed by atoms with Crippen LogP contribution in [0.5, 0.6) is 0 Å². The van der Waals surface area contributed by atoms with E-state index in [1.807, 2.05) is 0 Å². The Morgan fingerprint density at radius 3 is 1.44 bits per heavy atom. The number of esters is 2. The lowest BCUT2D eigenvalue weighted by molar-refractivity contribution is -0.161. The van der Waals surface area contributed by atoms with E-state index in [4.69, 9.17) is 24.3 Å². The van der Waals surface area contributed by atoms with Gasteiger partial charge in [-0.05, 0) is 57.8 Å². The van der Waals surface area contributed by atoms with Gasteiger partial charge in [-0.2, -0.15) is 0 Å². The molecule has 0 saturated heterocycles. The van der Waals surface area contributed by atoms with Crippen LogP contribution in [0.15, 0.2) is 60.8 Å². The van der Waals surface area contributed by atoms with Crippen LogP contribution in [0, 0.1) is 0 Å². The van der Waals surface area contributed by atoms with Gasteiger partial charge in [0.15, 0.2) is 6.10 Å². The van der Waals surface area contributed by atoms with Crippen LogP contribution < -0.4 is 5.73 Å². The van der Waals surface area contributed by atoms with Crippen LogP contribution in [0.25, 0.3) is 0 Å². The van der Waals surface area contributed by atoms with Crippen molar-refractivity contribution in [1.82, 2.24) is 0 Å². The number of ether oxygens (including phenoxy) is 2. The summed E-state index contributed by atoms with van der Waals surface area (Å²) in [5.74, 6) is -0.835. The Labute approximate surface area is 349 Å². The third-order valence-corrected chi connectivity index (χ3v) is 10.4. The first-order valence-electron chi connectivity index (χ1n) is 22.8. The van der Waals surface area contributed by atoms with Gasteiger partial charge in [0.2, 0.25) is 0 Å². The highest BCUT2D eigenvalue weighted by atomic mass is 31.2. The van der Waals surface area contributed by atoms with Crippen molar-refractivity contribution in [3.63, 3.8) is 0 Å². The van der Waals surface area contributed by atoms with Crippen LogP contribution in [0.1, 0.15) is 194 Å². The molecule has 0 aliphatic carbocycles. The fourth-order valence-electron chi connectivity index (χ4n) is 6.07. The first-order chi connectivity index (χ1) is 27.8. The molecule has 9 nitrogen and oxygen atoms in total. The lowest BCUT2D eigenvalue weighted by atomic mass is 10.0. The molecule has 0 amide bonds. The van der Waals surface area contributed by atoms with Crippen LogP contribution >= 0.6 is 7.82 Å². The van der Waals surface area contributed by atoms with Gasteiger partial charge in [-0.15, -0.1) is 0 Å². The molecule has 0 spiro atoms. The summed E-state index contributed by atoms with van der Waals surface area (Å²) in [4.78, 5) is 34.8. The summed E-state index contributed by atoms with van der Waals surface area (Å²) in [6, 6.07) is 0. The largest absolute Gasteiger partial charge is 0.472 e. The summed E-state index contributed by atoms with van der Waals surface area (Å²) >= 11 is 0. The summed E-state index contributed by atoms with van der Waals surface area (Å²) in [5.41, 5.74) is 5.34. The van der Waals surface area contributed by atoms with Gasteiger partial charge >= 0.3 is 19.8 Å². The van der Waals surface area contributed by atoms with Crippen LogP contribution in [-0.4, -0.2) is 49.3 Å². The van der Waals surface area contributed by atoms with Crippen molar-refractivity contribution in [2.75, 3.05) is 26.4 Å². The number of carbonyl (C=O) groups excluding carboxylic acids is 2. The fraction of sp³-hybridized carbons (Fsp3) is 0.745. The Hall–Kier alpha value is -2.29. The van der Waals surface area contributed by atoms with Crippen LogP contribution in [0.3, 0.4) is 0 Å². The number of phosphoric ester groups is 1. The van der Waals surface area contributed by atoms with E-state index >= 15 is 0 Å². The van der Waals surface area contributed by atoms with Crippen molar-refractivity contribution in [3.8, 4) is 0 Å². The van der Waals surface area contributed by atoms with E-state index in [9.17, 15) is 19.0 Å². The van der Waals surface area contributed by atoms with Crippen molar-refractivity contribution in [2.45, 2.75) is 200 Å². The van der Waals surface area contributed by atoms with E-state index in [1.54, 1.807) is 0 Å². The molecular weight excluding hydrogens is 737 g/mol. The molecule has 0 aliphatic rings. The highest BCUT2D eigenvalue weighted by molar-refractivity contribution is 7.47. The molecule has 0 aromatic heterocycles. The molecule has 0 fully saturated rings. The lowest BCUT2D eigenvalue weighted by Crippen LogP contribution is -2.29. The Morgan fingerprint density at radius 1 is 0.544 bits per heavy atom. The number of unbranched alkanes of at least 4 members (excludes halogenated alkanes) is 19. The Balaban J connectivity index is 4.00. The molecular formula is C47H84NO8P. The van der Waals surface area contributed by atoms with E-state index in [1.165, 1.54) is 83.5 Å². The third-order valence-electron chi connectivity index (χ3n) is 9.42. The van der Waals surface area contributed by atoms with Crippen molar-refractivity contribution in [1.29, 1.82) is 0 Å². The summed E-state index contributed by atoms with van der Waals surface area (Å²) in [6.45, 7) is 3.59. The van der Waals surface area contributed by atoms with Gasteiger partial charge in [-0.25, -0.2) is 4.57 Å². The first-order valence-corrected chi connectivity index (χ1v) is 24.3. The van der Waals surface area contributed by atoms with E-state index in [0.29, 0.717) is 6.42 Å². The predicted octanol–water partition coefficient (Wildman–Crippen LogP) is 13.3. The van der Waals surface area contributed by atoms with Crippen molar-refractivity contribution in [3.05, 3.63) is 60.8 Å². The molecule has 0 saturated carbocycles. The molecule has 0 bridgehead atoms. The Morgan fingerprint density at radius 2 is 0.965 bits per heavy atom. The highest BCUT2D eigenvalue weighted by Crippen LogP contribution is 2.43. The van der Waals surface area contributed by atoms with Gasteiger partial charge in [-0.1, -0.05) is 184 Å². The molecule has 0 heterocycles. The second-order valence-corrected chi connectivity index (χ2v) is 16.3. The zero-order chi connectivity index (χ0) is 41.8. The van der Waals surface area contributed by atoms with Gasteiger partial charge in [0.05, 0.1) is 13.2 Å². The smallest absolute Gasteiger partial charge is 0.462 e. The molecule has 10 heteroatoms. The maximum Gasteiger partial charge on any atom is 0.472 e. The van der Waals surface area contributed by atoms with Gasteiger partial charge in [0.25, 0.3) is 0 Å². The molecule has 0 radical (unpaired) electrons. The molecule has 2 unspecified atom stereocenters. The van der Waals surface area contributed by atoms with E-state index in [2.05, 4.69) is 74.6 Å². The number of nitrogens with two attached hydrogens (primary N) is 1. The minimum absolute atomic E-state index is 0.0519. The predicted molar refractivity (Wildman–Crippen MR) is 238 cm³/mol. The normalized spacial score (nSPS) is 13.8. The zero-order valence-corrected chi connectivity index (χ0v) is 37.2. The molecule has 0 aromatic rings. The molecule has 2 atom stereocenters. The van der Waals surface area contributed by atoms with Crippen LogP contribution in [0.2, 0.25) is 0 Å². The Kier molecular flexibility index (Phi) is 41.6. The van der Waals surface area contributed by atoms with Crippen LogP contribution in [0.4, 0.5) is 0 Å². The van der Waals surface area contributed by atoms with Crippen LogP contribution in [-0.2, 0) is 32.7 Å². The first kappa shape index (κ1) is 54.7. The summed E-state index contributed by atoms with van der Waals surface area (Å²) in [6.07, 6.45) is 51.2. The molecule has 0 aliphatic heterocycles. The number of hydrogen-bond acceptors (Lipinski definition) is 8. The number of hydrogen-bond donors (Lipinski definition) is 2. The Bertz CT molecular complexity index is 1120. The molecule has 0 rings (SSSR count). The SMILES string of the molecule is CC/C=C\C/C=C\C/C=C\C/C=C\C/C=C\CCCCCCCCCCCCCC(=O)OC(COC(=O)CCCCCCCCCCC)COP(=O)(O)OCCN. The van der Waals surface area contributed by atoms with Crippen molar-refractivity contribution < 1.29 is 37.6 Å². The maximum atomic E-state index is 12.6. The fourth-order valence-corrected chi connectivity index (χ4v) is 6.84. The topological polar surface area (TPSA) is 134 Å². The zero-order valence-electron chi connectivity index (χ0n) is 36.3. The number of phosphoric acid groups is 1. The molecule has 57 heavy (non-hydrogen) atoms. The van der Waals surface area contributed by atoms with E-state index in [0.717, 1.165) is 77.0 Å². The van der Waals surface area contributed by atoms with Crippen molar-refractivity contribution >= 4 is 19.8 Å². The average molecular weight is 822 g/mol. The minimum Gasteiger partial charge on any atom is -0.462 e. The summed E-state index contributed by atoms with van der Waals surface area (Å²) < 4.78 is 32.7. The number of allylic oxidation sites excluding steroid dienone is 10.